The van der Waals surface area contributed by atoms with Crippen LogP contribution >= 0.6 is 0 Å². The Morgan fingerprint density at radius 1 is 1.12 bits per heavy atom. The van der Waals surface area contributed by atoms with Crippen LogP contribution in [0.4, 0.5) is 16.3 Å². The third kappa shape index (κ3) is 4.90. The van der Waals surface area contributed by atoms with Gasteiger partial charge in [-0.3, -0.25) is 4.98 Å². The number of nitrogens with one attached hydrogen (secondary N) is 2. The first-order valence-corrected chi connectivity index (χ1v) is 8.61. The van der Waals surface area contributed by atoms with Crippen LogP contribution in [0, 0.1) is 0 Å². The van der Waals surface area contributed by atoms with Crippen LogP contribution in [0.25, 0.3) is 0 Å². The minimum Gasteiger partial charge on any atom is -0.354 e. The monoisotopic (exact) mass is 340 g/mol. The van der Waals surface area contributed by atoms with E-state index in [0.717, 1.165) is 44.1 Å². The van der Waals surface area contributed by atoms with E-state index in [4.69, 9.17) is 0 Å². The highest BCUT2D eigenvalue weighted by atomic mass is 16.2. The van der Waals surface area contributed by atoms with Crippen LogP contribution in [0.5, 0.6) is 0 Å². The Balaban J connectivity index is 1.47. The number of anilines is 2. The number of pyridine rings is 2. The number of rotatable bonds is 5. The van der Waals surface area contributed by atoms with Crippen molar-refractivity contribution in [3.8, 4) is 0 Å². The van der Waals surface area contributed by atoms with Crippen molar-refractivity contribution in [2.45, 2.75) is 13.5 Å². The molecule has 7 heteroatoms. The molecular formula is C18H24N6O. The first kappa shape index (κ1) is 17.2. The summed E-state index contributed by atoms with van der Waals surface area (Å²) >= 11 is 0. The fourth-order valence-corrected chi connectivity index (χ4v) is 2.79. The standard InChI is InChI=1S/C18H24N6O/c1-2-23-9-11-24(12-10-23)17-4-3-15(13-20-17)14-21-18(25)22-16-5-7-19-8-6-16/h3-8,13H,2,9-12,14H2,1H3,(H2,19,21,22,25). The van der Waals surface area contributed by atoms with Crippen molar-refractivity contribution in [2.24, 2.45) is 0 Å². The Kier molecular flexibility index (Phi) is 5.79. The van der Waals surface area contributed by atoms with Gasteiger partial charge in [0.25, 0.3) is 0 Å². The van der Waals surface area contributed by atoms with Gasteiger partial charge in [0.2, 0.25) is 0 Å². The van der Waals surface area contributed by atoms with Crippen molar-refractivity contribution in [3.63, 3.8) is 0 Å². The maximum Gasteiger partial charge on any atom is 0.319 e. The fraction of sp³-hybridized carbons (Fsp3) is 0.389. The Hall–Kier alpha value is -2.67. The Bertz CT molecular complexity index is 668. The maximum atomic E-state index is 11.9. The molecule has 0 atom stereocenters. The van der Waals surface area contributed by atoms with E-state index in [9.17, 15) is 4.79 Å². The summed E-state index contributed by atoms with van der Waals surface area (Å²) in [5.74, 6) is 1.00. The average Bonchev–Trinajstić information content (AvgIpc) is 2.68. The summed E-state index contributed by atoms with van der Waals surface area (Å²) in [6.45, 7) is 7.91. The molecule has 0 radical (unpaired) electrons. The van der Waals surface area contributed by atoms with Crippen molar-refractivity contribution >= 4 is 17.5 Å². The molecule has 0 spiro atoms. The summed E-state index contributed by atoms with van der Waals surface area (Å²) in [4.78, 5) is 25.1. The average molecular weight is 340 g/mol. The summed E-state index contributed by atoms with van der Waals surface area (Å²) in [5, 5.41) is 5.59. The van der Waals surface area contributed by atoms with Gasteiger partial charge in [0.05, 0.1) is 0 Å². The fourth-order valence-electron chi connectivity index (χ4n) is 2.79. The normalized spacial score (nSPS) is 15.0. The highest BCUT2D eigenvalue weighted by molar-refractivity contribution is 5.88. The number of hydrogen-bond donors (Lipinski definition) is 2. The third-order valence-corrected chi connectivity index (χ3v) is 4.34. The lowest BCUT2D eigenvalue weighted by Gasteiger charge is -2.34. The topological polar surface area (TPSA) is 73.4 Å². The van der Waals surface area contributed by atoms with E-state index in [-0.39, 0.29) is 6.03 Å². The van der Waals surface area contributed by atoms with Gasteiger partial charge in [-0.05, 0) is 30.3 Å². The van der Waals surface area contributed by atoms with Crippen LogP contribution in [0.15, 0.2) is 42.9 Å². The van der Waals surface area contributed by atoms with Crippen LogP contribution in [0.3, 0.4) is 0 Å². The van der Waals surface area contributed by atoms with Gasteiger partial charge >= 0.3 is 6.03 Å². The van der Waals surface area contributed by atoms with Crippen molar-refractivity contribution in [3.05, 3.63) is 48.4 Å². The van der Waals surface area contributed by atoms with Gasteiger partial charge in [-0.1, -0.05) is 13.0 Å². The van der Waals surface area contributed by atoms with Gasteiger partial charge < -0.3 is 20.4 Å². The van der Waals surface area contributed by atoms with Gasteiger partial charge in [-0.2, -0.15) is 0 Å². The summed E-state index contributed by atoms with van der Waals surface area (Å²) in [6.07, 6.45) is 5.10. The molecule has 7 nitrogen and oxygen atoms in total. The van der Waals surface area contributed by atoms with Crippen molar-refractivity contribution in [1.82, 2.24) is 20.2 Å². The quantitative estimate of drug-likeness (QED) is 0.870. The number of hydrogen-bond acceptors (Lipinski definition) is 5. The van der Waals surface area contributed by atoms with E-state index in [0.29, 0.717) is 12.2 Å². The largest absolute Gasteiger partial charge is 0.354 e. The predicted octanol–water partition coefficient (Wildman–Crippen LogP) is 1.94. The third-order valence-electron chi connectivity index (χ3n) is 4.34. The van der Waals surface area contributed by atoms with Gasteiger partial charge in [0.1, 0.15) is 5.82 Å². The molecule has 0 aliphatic carbocycles. The summed E-state index contributed by atoms with van der Waals surface area (Å²) in [6, 6.07) is 7.29. The molecule has 0 saturated carbocycles. The lowest BCUT2D eigenvalue weighted by molar-refractivity contribution is 0.251. The molecule has 1 aliphatic heterocycles. The van der Waals surface area contributed by atoms with Crippen LogP contribution < -0.4 is 15.5 Å². The number of carbonyl (C=O) groups excluding carboxylic acids is 1. The zero-order valence-electron chi connectivity index (χ0n) is 14.5. The van der Waals surface area contributed by atoms with Crippen molar-refractivity contribution in [2.75, 3.05) is 42.9 Å². The molecule has 2 amide bonds. The van der Waals surface area contributed by atoms with Gasteiger partial charge in [0.15, 0.2) is 0 Å². The predicted molar refractivity (Wildman–Crippen MR) is 98.7 cm³/mol. The Morgan fingerprint density at radius 2 is 1.88 bits per heavy atom. The first-order chi connectivity index (χ1) is 12.2. The maximum absolute atomic E-state index is 11.9. The number of likely N-dealkylation sites (N-methyl/N-ethyl adjacent to an activating group) is 1. The van der Waals surface area contributed by atoms with Crippen LogP contribution in [0.2, 0.25) is 0 Å². The van der Waals surface area contributed by atoms with Crippen molar-refractivity contribution < 1.29 is 4.79 Å². The van der Waals surface area contributed by atoms with E-state index in [1.54, 1.807) is 24.5 Å². The number of carbonyl (C=O) groups is 1. The molecule has 0 aromatic carbocycles. The smallest absolute Gasteiger partial charge is 0.319 e. The van der Waals surface area contributed by atoms with E-state index >= 15 is 0 Å². The second kappa shape index (κ2) is 8.43. The van der Waals surface area contributed by atoms with Crippen LogP contribution in [0.1, 0.15) is 12.5 Å². The number of urea groups is 1. The van der Waals surface area contributed by atoms with E-state index in [2.05, 4.69) is 37.3 Å². The minimum absolute atomic E-state index is 0.244. The van der Waals surface area contributed by atoms with Crippen LogP contribution in [-0.4, -0.2) is 53.6 Å². The molecule has 1 aliphatic rings. The number of nitrogens with zero attached hydrogens (tertiary/aromatic N) is 4. The lowest BCUT2D eigenvalue weighted by atomic mass is 10.2. The summed E-state index contributed by atoms with van der Waals surface area (Å²) in [7, 11) is 0. The van der Waals surface area contributed by atoms with E-state index in [1.807, 2.05) is 18.3 Å². The number of amides is 2. The summed E-state index contributed by atoms with van der Waals surface area (Å²) < 4.78 is 0. The molecule has 132 valence electrons. The molecule has 3 rings (SSSR count). The zero-order valence-corrected chi connectivity index (χ0v) is 14.5. The molecule has 25 heavy (non-hydrogen) atoms. The highest BCUT2D eigenvalue weighted by Gasteiger charge is 2.16. The molecule has 2 aromatic rings. The van der Waals surface area contributed by atoms with Crippen molar-refractivity contribution in [1.29, 1.82) is 0 Å². The van der Waals surface area contributed by atoms with E-state index in [1.165, 1.54) is 0 Å². The SMILES string of the molecule is CCN1CCN(c2ccc(CNC(=O)Nc3ccncc3)cn2)CC1. The molecular weight excluding hydrogens is 316 g/mol. The zero-order chi connectivity index (χ0) is 17.5. The Labute approximate surface area is 148 Å². The van der Waals surface area contributed by atoms with E-state index < -0.39 is 0 Å². The van der Waals surface area contributed by atoms with Gasteiger partial charge in [-0.15, -0.1) is 0 Å². The molecule has 2 N–H and O–H groups in total. The minimum atomic E-state index is -0.244. The lowest BCUT2D eigenvalue weighted by Crippen LogP contribution is -2.46. The van der Waals surface area contributed by atoms with Gasteiger partial charge in [-0.25, -0.2) is 9.78 Å². The molecule has 2 aromatic heterocycles. The van der Waals surface area contributed by atoms with Gasteiger partial charge in [0, 0.05) is 57.0 Å². The Morgan fingerprint density at radius 3 is 2.52 bits per heavy atom. The molecule has 1 saturated heterocycles. The molecule has 0 unspecified atom stereocenters. The second-order valence-corrected chi connectivity index (χ2v) is 5.99. The molecule has 1 fully saturated rings. The second-order valence-electron chi connectivity index (χ2n) is 5.99. The highest BCUT2D eigenvalue weighted by Crippen LogP contribution is 2.14. The summed E-state index contributed by atoms with van der Waals surface area (Å²) in [5.41, 5.74) is 1.69. The van der Waals surface area contributed by atoms with Crippen LogP contribution in [-0.2, 0) is 6.54 Å². The number of piperazine rings is 1. The molecule has 3 heterocycles. The number of aromatic nitrogens is 2. The first-order valence-electron chi connectivity index (χ1n) is 8.61. The molecule has 0 bridgehead atoms.